The summed E-state index contributed by atoms with van der Waals surface area (Å²) in [7, 11) is 0. The van der Waals surface area contributed by atoms with Gasteiger partial charge >= 0.3 is 0 Å². The zero-order valence-corrected chi connectivity index (χ0v) is 13.3. The Balaban J connectivity index is 1.52. The van der Waals surface area contributed by atoms with Crippen LogP contribution in [0.1, 0.15) is 12.0 Å². The first-order chi connectivity index (χ1) is 11.6. The number of rotatable bonds is 5. The molecule has 126 valence electrons. The average Bonchev–Trinajstić information content (AvgIpc) is 2.98. The minimum atomic E-state index is -0.405. The maximum Gasteiger partial charge on any atom is 0.265 e. The molecule has 0 radical (unpaired) electrons. The molecule has 2 N–H and O–H groups in total. The minimum absolute atomic E-state index is 0.0624. The predicted molar refractivity (Wildman–Crippen MR) is 89.6 cm³/mol. The quantitative estimate of drug-likeness (QED) is 0.804. The first-order valence-electron chi connectivity index (χ1n) is 7.96. The highest BCUT2D eigenvalue weighted by Crippen LogP contribution is 2.13. The smallest absolute Gasteiger partial charge is 0.265 e. The van der Waals surface area contributed by atoms with Crippen molar-refractivity contribution in [3.63, 3.8) is 0 Å². The van der Waals surface area contributed by atoms with Gasteiger partial charge in [0.2, 0.25) is 5.91 Å². The lowest BCUT2D eigenvalue weighted by Crippen LogP contribution is -2.41. The van der Waals surface area contributed by atoms with E-state index in [1.807, 2.05) is 18.2 Å². The lowest BCUT2D eigenvalue weighted by atomic mass is 10.2. The third-order valence-corrected chi connectivity index (χ3v) is 4.08. The number of aromatic nitrogens is 2. The van der Waals surface area contributed by atoms with Crippen molar-refractivity contribution in [2.24, 2.45) is 0 Å². The second-order valence-electron chi connectivity index (χ2n) is 6.01. The van der Waals surface area contributed by atoms with Crippen molar-refractivity contribution in [3.8, 4) is 0 Å². The van der Waals surface area contributed by atoms with Crippen LogP contribution in [0, 0.1) is 0 Å². The number of likely N-dealkylation sites (tertiary alicyclic amines) is 1. The molecule has 0 unspecified atom stereocenters. The molecule has 1 fully saturated rings. The van der Waals surface area contributed by atoms with E-state index >= 15 is 0 Å². The summed E-state index contributed by atoms with van der Waals surface area (Å²) in [6, 6.07) is 12.6. The van der Waals surface area contributed by atoms with Gasteiger partial charge in [0.25, 0.3) is 11.1 Å². The minimum Gasteiger partial charge on any atom is -0.350 e. The zero-order valence-electron chi connectivity index (χ0n) is 13.3. The summed E-state index contributed by atoms with van der Waals surface area (Å²) in [5.74, 6) is -0.273. The molecule has 1 amide bonds. The molecule has 0 bridgehead atoms. The Labute approximate surface area is 138 Å². The SMILES string of the molecule is O=C(Cn1[nH]c(=O)ccc1=O)N[C@@H]1CCN(Cc2ccccc2)C1. The maximum absolute atomic E-state index is 12.1. The Morgan fingerprint density at radius 3 is 2.75 bits per heavy atom. The van der Waals surface area contributed by atoms with Crippen LogP contribution < -0.4 is 16.4 Å². The van der Waals surface area contributed by atoms with Crippen LogP contribution in [-0.4, -0.2) is 39.7 Å². The summed E-state index contributed by atoms with van der Waals surface area (Å²) in [5.41, 5.74) is 0.442. The fourth-order valence-electron chi connectivity index (χ4n) is 2.93. The normalized spacial score (nSPS) is 17.8. The van der Waals surface area contributed by atoms with Gasteiger partial charge in [-0.2, -0.15) is 0 Å². The molecule has 1 aliphatic heterocycles. The zero-order chi connectivity index (χ0) is 16.9. The number of benzene rings is 1. The van der Waals surface area contributed by atoms with Gasteiger partial charge in [0.1, 0.15) is 6.54 Å². The number of nitrogens with one attached hydrogen (secondary N) is 2. The summed E-state index contributed by atoms with van der Waals surface area (Å²) < 4.78 is 1.02. The highest BCUT2D eigenvalue weighted by atomic mass is 16.2. The molecule has 7 nitrogen and oxygen atoms in total. The van der Waals surface area contributed by atoms with E-state index in [1.54, 1.807) is 0 Å². The Morgan fingerprint density at radius 1 is 1.17 bits per heavy atom. The molecule has 1 atom stereocenters. The molecular weight excluding hydrogens is 308 g/mol. The number of carbonyl (C=O) groups is 1. The van der Waals surface area contributed by atoms with Crippen LogP contribution in [0.25, 0.3) is 0 Å². The van der Waals surface area contributed by atoms with E-state index in [1.165, 1.54) is 5.56 Å². The standard InChI is InChI=1S/C17H20N4O3/c22-15-6-7-17(24)21(19-15)12-16(23)18-14-8-9-20(11-14)10-13-4-2-1-3-5-13/h1-7,14H,8-12H2,(H,18,23)(H,19,22)/t14-/m1/s1. The van der Waals surface area contributed by atoms with Crippen LogP contribution in [-0.2, 0) is 17.9 Å². The lowest BCUT2D eigenvalue weighted by Gasteiger charge is -2.17. The van der Waals surface area contributed by atoms with Gasteiger partial charge in [0, 0.05) is 37.8 Å². The van der Waals surface area contributed by atoms with E-state index < -0.39 is 11.1 Å². The molecule has 1 saturated heterocycles. The second-order valence-corrected chi connectivity index (χ2v) is 6.01. The Hall–Kier alpha value is -2.67. The third-order valence-electron chi connectivity index (χ3n) is 4.08. The molecule has 7 heteroatoms. The van der Waals surface area contributed by atoms with Crippen molar-refractivity contribution < 1.29 is 4.79 Å². The van der Waals surface area contributed by atoms with Crippen LogP contribution >= 0.6 is 0 Å². The van der Waals surface area contributed by atoms with E-state index in [0.29, 0.717) is 0 Å². The van der Waals surface area contributed by atoms with E-state index in [-0.39, 0.29) is 18.5 Å². The number of nitrogens with zero attached hydrogens (tertiary/aromatic N) is 2. The number of H-pyrrole nitrogens is 1. The van der Waals surface area contributed by atoms with Gasteiger partial charge in [-0.3, -0.25) is 24.4 Å². The van der Waals surface area contributed by atoms with Crippen LogP contribution in [0.5, 0.6) is 0 Å². The fraction of sp³-hybridized carbons (Fsp3) is 0.353. The summed E-state index contributed by atoms with van der Waals surface area (Å²) in [4.78, 5) is 37.2. The molecule has 1 aromatic carbocycles. The molecule has 0 aliphatic carbocycles. The van der Waals surface area contributed by atoms with Gasteiger partial charge in [-0.05, 0) is 12.0 Å². The first kappa shape index (κ1) is 16.2. The first-order valence-corrected chi connectivity index (χ1v) is 7.96. The van der Waals surface area contributed by atoms with Gasteiger partial charge in [0.15, 0.2) is 0 Å². The average molecular weight is 328 g/mol. The van der Waals surface area contributed by atoms with Crippen LogP contribution in [0.4, 0.5) is 0 Å². The molecule has 0 saturated carbocycles. The summed E-state index contributed by atoms with van der Waals surface area (Å²) in [5, 5.41) is 5.28. The van der Waals surface area contributed by atoms with Gasteiger partial charge < -0.3 is 5.32 Å². The topological polar surface area (TPSA) is 87.2 Å². The van der Waals surface area contributed by atoms with Gasteiger partial charge in [-0.25, -0.2) is 4.68 Å². The molecule has 1 aromatic heterocycles. The fourth-order valence-corrected chi connectivity index (χ4v) is 2.93. The number of hydrogen-bond acceptors (Lipinski definition) is 4. The monoisotopic (exact) mass is 328 g/mol. The van der Waals surface area contributed by atoms with E-state index in [4.69, 9.17) is 0 Å². The highest BCUT2D eigenvalue weighted by molar-refractivity contribution is 5.76. The Morgan fingerprint density at radius 2 is 1.96 bits per heavy atom. The number of aromatic amines is 1. The molecule has 1 aliphatic rings. The second kappa shape index (κ2) is 7.27. The van der Waals surface area contributed by atoms with Crippen molar-refractivity contribution in [3.05, 3.63) is 68.7 Å². The summed E-state index contributed by atoms with van der Waals surface area (Å²) >= 11 is 0. The van der Waals surface area contributed by atoms with Crippen molar-refractivity contribution in [1.82, 2.24) is 20.0 Å². The van der Waals surface area contributed by atoms with E-state index in [2.05, 4.69) is 27.4 Å². The van der Waals surface area contributed by atoms with Crippen molar-refractivity contribution >= 4 is 5.91 Å². The van der Waals surface area contributed by atoms with Crippen LogP contribution in [0.2, 0.25) is 0 Å². The molecule has 2 aromatic rings. The molecular formula is C17H20N4O3. The molecule has 3 rings (SSSR count). The number of amides is 1. The highest BCUT2D eigenvalue weighted by Gasteiger charge is 2.23. The largest absolute Gasteiger partial charge is 0.350 e. The van der Waals surface area contributed by atoms with Gasteiger partial charge in [0.05, 0.1) is 0 Å². The van der Waals surface area contributed by atoms with Crippen LogP contribution in [0.15, 0.2) is 52.1 Å². The molecule has 0 spiro atoms. The summed E-state index contributed by atoms with van der Waals surface area (Å²) in [6.45, 7) is 2.38. The number of hydrogen-bond donors (Lipinski definition) is 2. The van der Waals surface area contributed by atoms with Crippen molar-refractivity contribution in [1.29, 1.82) is 0 Å². The Kier molecular flexibility index (Phi) is 4.90. The molecule has 2 heterocycles. The lowest BCUT2D eigenvalue weighted by molar-refractivity contribution is -0.122. The molecule has 24 heavy (non-hydrogen) atoms. The van der Waals surface area contributed by atoms with Gasteiger partial charge in [-0.1, -0.05) is 30.3 Å². The maximum atomic E-state index is 12.1. The summed E-state index contributed by atoms with van der Waals surface area (Å²) in [6.07, 6.45) is 0.874. The number of carbonyl (C=O) groups excluding carboxylic acids is 1. The predicted octanol–water partition coefficient (Wildman–Crippen LogP) is -0.0727. The van der Waals surface area contributed by atoms with Crippen molar-refractivity contribution in [2.45, 2.75) is 25.6 Å². The third kappa shape index (κ3) is 4.20. The Bertz CT molecular complexity index is 812. The van der Waals surface area contributed by atoms with E-state index in [0.717, 1.165) is 42.9 Å². The van der Waals surface area contributed by atoms with E-state index in [9.17, 15) is 14.4 Å². The van der Waals surface area contributed by atoms with Crippen LogP contribution in [0.3, 0.4) is 0 Å². The van der Waals surface area contributed by atoms with Gasteiger partial charge in [-0.15, -0.1) is 0 Å². The van der Waals surface area contributed by atoms with Crippen molar-refractivity contribution in [2.75, 3.05) is 13.1 Å².